The van der Waals surface area contributed by atoms with Crippen molar-refractivity contribution in [2.45, 2.75) is 0 Å². The third-order valence-electron chi connectivity index (χ3n) is 2.94. The Bertz CT molecular complexity index is 856. The summed E-state index contributed by atoms with van der Waals surface area (Å²) >= 11 is 11.4. The molecule has 2 aromatic carbocycles. The van der Waals surface area contributed by atoms with Crippen LogP contribution in [0.25, 0.3) is 0 Å². The summed E-state index contributed by atoms with van der Waals surface area (Å²) in [7, 11) is 0. The molecule has 0 saturated heterocycles. The molecule has 2 rings (SSSR count). The summed E-state index contributed by atoms with van der Waals surface area (Å²) in [5.41, 5.74) is -0.710. The van der Waals surface area contributed by atoms with E-state index in [-0.39, 0.29) is 27.0 Å². The summed E-state index contributed by atoms with van der Waals surface area (Å²) < 4.78 is 4.76. The molecule has 0 aliphatic rings. The second-order valence-corrected chi connectivity index (χ2v) is 5.58. The first-order valence-electron chi connectivity index (χ1n) is 6.67. The lowest BCUT2D eigenvalue weighted by Gasteiger charge is -2.08. The van der Waals surface area contributed by atoms with Gasteiger partial charge in [-0.3, -0.25) is 14.9 Å². The maximum Gasteiger partial charge on any atom is 0.342 e. The van der Waals surface area contributed by atoms with E-state index in [0.717, 1.165) is 6.07 Å². The number of hydrogen-bond acceptors (Lipinski definition) is 6. The minimum absolute atomic E-state index is 0.0962. The van der Waals surface area contributed by atoms with Gasteiger partial charge in [0.1, 0.15) is 17.0 Å². The summed E-state index contributed by atoms with van der Waals surface area (Å²) in [4.78, 5) is 33.9. The van der Waals surface area contributed by atoms with Gasteiger partial charge in [-0.15, -0.1) is 0 Å². The Morgan fingerprint density at radius 3 is 2.48 bits per heavy atom. The number of halogens is 2. The average Bonchev–Trinajstić information content (AvgIpc) is 2.56. The van der Waals surface area contributed by atoms with E-state index in [2.05, 4.69) is 5.32 Å². The highest BCUT2D eigenvalue weighted by Gasteiger charge is 2.19. The Morgan fingerprint density at radius 1 is 1.16 bits per heavy atom. The Hall–Kier alpha value is -2.84. The first-order valence-corrected chi connectivity index (χ1v) is 7.43. The normalized spacial score (nSPS) is 10.2. The number of phenolic OH excluding ortho intramolecular Hbond substituents is 1. The fourth-order valence-corrected chi connectivity index (χ4v) is 2.17. The molecule has 0 bridgehead atoms. The molecule has 0 saturated carbocycles. The second-order valence-electron chi connectivity index (χ2n) is 4.70. The molecule has 1 amide bonds. The van der Waals surface area contributed by atoms with Gasteiger partial charge in [-0.1, -0.05) is 23.2 Å². The van der Waals surface area contributed by atoms with E-state index in [9.17, 15) is 24.8 Å². The molecule has 0 aliphatic heterocycles. The molecule has 0 atom stereocenters. The monoisotopic (exact) mass is 384 g/mol. The van der Waals surface area contributed by atoms with Crippen LogP contribution in [0.4, 0.5) is 11.4 Å². The van der Waals surface area contributed by atoms with E-state index in [0.29, 0.717) is 0 Å². The molecule has 2 N–H and O–H groups in total. The number of rotatable bonds is 5. The zero-order chi connectivity index (χ0) is 18.6. The number of carbonyl (C=O) groups is 2. The number of phenols is 1. The number of aromatic hydroxyl groups is 1. The number of anilines is 1. The van der Waals surface area contributed by atoms with Gasteiger partial charge in [0, 0.05) is 16.1 Å². The molecule has 8 nitrogen and oxygen atoms in total. The quantitative estimate of drug-likeness (QED) is 0.463. The summed E-state index contributed by atoms with van der Waals surface area (Å²) in [5.74, 6) is -2.14. The second kappa shape index (κ2) is 7.82. The van der Waals surface area contributed by atoms with Crippen molar-refractivity contribution in [1.29, 1.82) is 0 Å². The Labute approximate surface area is 151 Å². The molecule has 25 heavy (non-hydrogen) atoms. The van der Waals surface area contributed by atoms with Gasteiger partial charge in [-0.05, 0) is 30.3 Å². The van der Waals surface area contributed by atoms with Gasteiger partial charge in [0.05, 0.1) is 4.92 Å². The number of carbonyl (C=O) groups excluding carboxylic acids is 2. The van der Waals surface area contributed by atoms with Crippen LogP contribution in [0.3, 0.4) is 0 Å². The van der Waals surface area contributed by atoms with Crippen LogP contribution in [0.2, 0.25) is 10.0 Å². The minimum Gasteiger partial charge on any atom is -0.507 e. The van der Waals surface area contributed by atoms with Gasteiger partial charge in [0.2, 0.25) is 0 Å². The summed E-state index contributed by atoms with van der Waals surface area (Å²) in [5, 5.41) is 23.1. The largest absolute Gasteiger partial charge is 0.507 e. The van der Waals surface area contributed by atoms with Crippen molar-refractivity contribution in [3.8, 4) is 5.75 Å². The zero-order valence-electron chi connectivity index (χ0n) is 12.4. The number of benzene rings is 2. The molecule has 130 valence electrons. The fourth-order valence-electron chi connectivity index (χ4n) is 1.83. The van der Waals surface area contributed by atoms with Crippen molar-refractivity contribution in [2.75, 3.05) is 11.9 Å². The van der Waals surface area contributed by atoms with Gasteiger partial charge >= 0.3 is 5.97 Å². The third-order valence-corrected chi connectivity index (χ3v) is 3.41. The predicted octanol–water partition coefficient (Wildman–Crippen LogP) is 3.40. The number of nitrogens with one attached hydrogen (secondary N) is 1. The first-order chi connectivity index (χ1) is 11.8. The molecule has 0 radical (unpaired) electrons. The molecule has 0 heterocycles. The van der Waals surface area contributed by atoms with Crippen LogP contribution >= 0.6 is 23.2 Å². The van der Waals surface area contributed by atoms with Crippen molar-refractivity contribution < 1.29 is 24.4 Å². The van der Waals surface area contributed by atoms with E-state index in [1.807, 2.05) is 0 Å². The van der Waals surface area contributed by atoms with Crippen LogP contribution in [0.15, 0.2) is 36.4 Å². The average molecular weight is 385 g/mol. The lowest BCUT2D eigenvalue weighted by molar-refractivity contribution is -0.383. The van der Waals surface area contributed by atoms with E-state index in [1.54, 1.807) is 0 Å². The maximum atomic E-state index is 11.8. The third kappa shape index (κ3) is 4.82. The number of ether oxygens (including phenoxy) is 1. The van der Waals surface area contributed by atoms with Gasteiger partial charge in [-0.2, -0.15) is 0 Å². The molecule has 10 heteroatoms. The Balaban J connectivity index is 2.03. The van der Waals surface area contributed by atoms with Crippen LogP contribution < -0.4 is 5.32 Å². The summed E-state index contributed by atoms with van der Waals surface area (Å²) in [6.45, 7) is -0.718. The van der Waals surface area contributed by atoms with Gasteiger partial charge in [0.25, 0.3) is 11.6 Å². The van der Waals surface area contributed by atoms with Crippen molar-refractivity contribution in [2.24, 2.45) is 0 Å². The van der Waals surface area contributed by atoms with E-state index in [1.165, 1.54) is 30.3 Å². The highest BCUT2D eigenvalue weighted by molar-refractivity contribution is 6.31. The van der Waals surface area contributed by atoms with E-state index < -0.39 is 29.1 Å². The molecular weight excluding hydrogens is 375 g/mol. The van der Waals surface area contributed by atoms with Crippen LogP contribution in [0.5, 0.6) is 5.75 Å². The molecule has 0 fully saturated rings. The topological polar surface area (TPSA) is 119 Å². The van der Waals surface area contributed by atoms with Crippen molar-refractivity contribution in [3.05, 3.63) is 62.1 Å². The van der Waals surface area contributed by atoms with Gasteiger partial charge < -0.3 is 15.2 Å². The van der Waals surface area contributed by atoms with Gasteiger partial charge in [-0.25, -0.2) is 4.79 Å². The highest BCUT2D eigenvalue weighted by atomic mass is 35.5. The molecule has 2 aromatic rings. The molecule has 0 aromatic heterocycles. The molecular formula is C15H10Cl2N2O6. The van der Waals surface area contributed by atoms with E-state index >= 15 is 0 Å². The lowest BCUT2D eigenvalue weighted by Crippen LogP contribution is -2.21. The van der Waals surface area contributed by atoms with Crippen molar-refractivity contribution in [3.63, 3.8) is 0 Å². The number of esters is 1. The smallest absolute Gasteiger partial charge is 0.342 e. The number of nitro groups is 1. The van der Waals surface area contributed by atoms with Crippen LogP contribution in [0, 0.1) is 10.1 Å². The number of hydrogen-bond donors (Lipinski definition) is 2. The zero-order valence-corrected chi connectivity index (χ0v) is 13.9. The predicted molar refractivity (Wildman–Crippen MR) is 90.1 cm³/mol. The molecule has 0 unspecified atom stereocenters. The number of nitro benzene ring substituents is 1. The Kier molecular flexibility index (Phi) is 5.79. The van der Waals surface area contributed by atoms with Crippen LogP contribution in [-0.2, 0) is 9.53 Å². The minimum atomic E-state index is -0.972. The standard InChI is InChI=1S/C15H10Cl2N2O6/c16-8-2-4-13(20)10(5-8)15(22)25-7-14(21)18-11-3-1-9(17)6-12(11)19(23)24/h1-6,20H,7H2,(H,18,21). The fraction of sp³-hybridized carbons (Fsp3) is 0.0667. The van der Waals surface area contributed by atoms with Crippen molar-refractivity contribution >= 4 is 46.5 Å². The van der Waals surface area contributed by atoms with E-state index in [4.69, 9.17) is 27.9 Å². The molecule has 0 spiro atoms. The van der Waals surface area contributed by atoms with Crippen LogP contribution in [0.1, 0.15) is 10.4 Å². The maximum absolute atomic E-state index is 11.8. The number of amides is 1. The van der Waals surface area contributed by atoms with Crippen molar-refractivity contribution in [1.82, 2.24) is 0 Å². The van der Waals surface area contributed by atoms with Gasteiger partial charge in [0.15, 0.2) is 6.61 Å². The summed E-state index contributed by atoms with van der Waals surface area (Å²) in [6.07, 6.45) is 0. The first kappa shape index (κ1) is 18.5. The SMILES string of the molecule is O=C(COC(=O)c1cc(Cl)ccc1O)Nc1ccc(Cl)cc1[N+](=O)[O-]. The highest BCUT2D eigenvalue weighted by Crippen LogP contribution is 2.27. The summed E-state index contributed by atoms with van der Waals surface area (Å²) in [6, 6.07) is 7.45. The Morgan fingerprint density at radius 2 is 1.80 bits per heavy atom. The van der Waals surface area contributed by atoms with Crippen LogP contribution in [-0.4, -0.2) is 28.5 Å². The lowest BCUT2D eigenvalue weighted by atomic mass is 10.2. The number of nitrogens with zero attached hydrogens (tertiary/aromatic N) is 1. The molecule has 0 aliphatic carbocycles.